The van der Waals surface area contributed by atoms with Crippen LogP contribution in [0.4, 0.5) is 0 Å². The van der Waals surface area contributed by atoms with Crippen LogP contribution in [0.3, 0.4) is 0 Å². The van der Waals surface area contributed by atoms with Gasteiger partial charge in [0.05, 0.1) is 22.9 Å². The van der Waals surface area contributed by atoms with Gasteiger partial charge in [0.25, 0.3) is 0 Å². The second-order valence-electron chi connectivity index (χ2n) is 5.16. The molecule has 1 unspecified atom stereocenters. The summed E-state index contributed by atoms with van der Waals surface area (Å²) in [5, 5.41) is 18.8. The maximum absolute atomic E-state index is 9.77. The first-order valence-electron chi connectivity index (χ1n) is 6.60. The van der Waals surface area contributed by atoms with Crippen molar-refractivity contribution >= 4 is 11.8 Å². The van der Waals surface area contributed by atoms with Gasteiger partial charge in [0, 0.05) is 12.8 Å². The molecular weight excluding hydrogens is 246 g/mol. The molecule has 0 bridgehead atoms. The number of aromatic nitrogens is 2. The number of likely N-dealkylation sites (N-methyl/N-ethyl adjacent to an activating group) is 1. The van der Waals surface area contributed by atoms with Crippen LogP contribution in [0.5, 0.6) is 0 Å². The van der Waals surface area contributed by atoms with Crippen LogP contribution in [0.2, 0.25) is 0 Å². The largest absolute Gasteiger partial charge is 0.394 e. The zero-order chi connectivity index (χ0) is 13.2. The molecule has 1 aromatic heterocycles. The highest BCUT2D eigenvalue weighted by molar-refractivity contribution is 7.99. The molecule has 1 fully saturated rings. The first kappa shape index (κ1) is 13.9. The van der Waals surface area contributed by atoms with E-state index in [0.29, 0.717) is 5.92 Å². The molecule has 1 atom stereocenters. The van der Waals surface area contributed by atoms with E-state index in [1.807, 2.05) is 18.7 Å². The molecule has 1 heterocycles. The minimum Gasteiger partial charge on any atom is -0.394 e. The summed E-state index contributed by atoms with van der Waals surface area (Å²) in [4.78, 5) is 0. The number of rotatable bonds is 7. The van der Waals surface area contributed by atoms with E-state index in [0.717, 1.165) is 18.0 Å². The van der Waals surface area contributed by atoms with Gasteiger partial charge in [-0.1, -0.05) is 6.92 Å². The van der Waals surface area contributed by atoms with Crippen molar-refractivity contribution in [2.24, 2.45) is 13.0 Å². The fourth-order valence-corrected chi connectivity index (χ4v) is 3.77. The van der Waals surface area contributed by atoms with E-state index in [9.17, 15) is 5.11 Å². The van der Waals surface area contributed by atoms with Gasteiger partial charge in [-0.15, -0.1) is 11.8 Å². The number of aliphatic hydroxyl groups excluding tert-OH is 1. The number of hydrogen-bond donors (Lipinski definition) is 2. The van der Waals surface area contributed by atoms with E-state index in [-0.39, 0.29) is 12.1 Å². The zero-order valence-corrected chi connectivity index (χ0v) is 12.3. The first-order chi connectivity index (χ1) is 8.61. The predicted octanol–water partition coefficient (Wildman–Crippen LogP) is 1.57. The van der Waals surface area contributed by atoms with Crippen molar-refractivity contribution in [3.63, 3.8) is 0 Å². The summed E-state index contributed by atoms with van der Waals surface area (Å²) in [6, 6.07) is 2.10. The number of thioether (sulfide) groups is 1. The third-order valence-corrected chi connectivity index (χ3v) is 4.94. The van der Waals surface area contributed by atoms with Crippen molar-refractivity contribution in [1.29, 1.82) is 0 Å². The Morgan fingerprint density at radius 2 is 2.33 bits per heavy atom. The number of nitrogens with zero attached hydrogens (tertiary/aromatic N) is 2. The van der Waals surface area contributed by atoms with E-state index in [1.54, 1.807) is 11.8 Å². The molecule has 0 aliphatic heterocycles. The van der Waals surface area contributed by atoms with Crippen molar-refractivity contribution in [3.8, 4) is 0 Å². The van der Waals surface area contributed by atoms with E-state index in [2.05, 4.69) is 23.4 Å². The van der Waals surface area contributed by atoms with Crippen LogP contribution < -0.4 is 5.32 Å². The normalized spacial score (nSPS) is 18.9. The fraction of sp³-hybridized carbons (Fsp3) is 0.769. The number of hydrogen-bond acceptors (Lipinski definition) is 4. The Bertz CT molecular complexity index is 403. The summed E-state index contributed by atoms with van der Waals surface area (Å²) in [5.74, 6) is 1.53. The summed E-state index contributed by atoms with van der Waals surface area (Å²) in [6.07, 6.45) is 2.47. The number of aliphatic hydroxyl groups is 1. The second-order valence-corrected chi connectivity index (χ2v) is 6.15. The van der Waals surface area contributed by atoms with Gasteiger partial charge in [-0.25, -0.2) is 0 Å². The third-order valence-electron chi connectivity index (χ3n) is 3.61. The van der Waals surface area contributed by atoms with Gasteiger partial charge < -0.3 is 10.4 Å². The topological polar surface area (TPSA) is 50.1 Å². The van der Waals surface area contributed by atoms with Gasteiger partial charge in [-0.3, -0.25) is 4.68 Å². The first-order valence-corrected chi connectivity index (χ1v) is 7.59. The fourth-order valence-electron chi connectivity index (χ4n) is 2.46. The molecule has 5 heteroatoms. The summed E-state index contributed by atoms with van der Waals surface area (Å²) in [6.45, 7) is 5.23. The highest BCUT2D eigenvalue weighted by Crippen LogP contribution is 2.42. The minimum absolute atomic E-state index is 0.114. The maximum Gasteiger partial charge on any atom is 0.0939 e. The summed E-state index contributed by atoms with van der Waals surface area (Å²) in [5.41, 5.74) is 0.932. The van der Waals surface area contributed by atoms with Gasteiger partial charge in [0.15, 0.2) is 0 Å². The molecule has 1 aliphatic carbocycles. The Kier molecular flexibility index (Phi) is 4.35. The highest BCUT2D eigenvalue weighted by atomic mass is 32.2. The van der Waals surface area contributed by atoms with E-state index < -0.39 is 0 Å². The van der Waals surface area contributed by atoms with E-state index in [4.69, 9.17) is 0 Å². The summed E-state index contributed by atoms with van der Waals surface area (Å²) in [7, 11) is 1.97. The van der Waals surface area contributed by atoms with Crippen molar-refractivity contribution in [1.82, 2.24) is 15.1 Å². The number of nitrogens with one attached hydrogen (secondary N) is 1. The van der Waals surface area contributed by atoms with Crippen LogP contribution >= 0.6 is 11.8 Å². The van der Waals surface area contributed by atoms with Crippen LogP contribution in [-0.2, 0) is 7.05 Å². The zero-order valence-electron chi connectivity index (χ0n) is 11.4. The lowest BCUT2D eigenvalue weighted by Crippen LogP contribution is -2.52. The van der Waals surface area contributed by atoms with Gasteiger partial charge >= 0.3 is 0 Å². The molecule has 1 aromatic rings. The van der Waals surface area contributed by atoms with Gasteiger partial charge in [-0.05, 0) is 38.3 Å². The molecule has 0 radical (unpaired) electrons. The monoisotopic (exact) mass is 269 g/mol. The van der Waals surface area contributed by atoms with Crippen molar-refractivity contribution in [2.75, 3.05) is 18.9 Å². The molecular formula is C13H23N3OS. The van der Waals surface area contributed by atoms with Crippen LogP contribution in [-0.4, -0.2) is 39.3 Å². The quantitative estimate of drug-likeness (QED) is 0.738. The lowest BCUT2D eigenvalue weighted by atomic mass is 9.97. The summed E-state index contributed by atoms with van der Waals surface area (Å²) < 4.78 is 1.92. The van der Waals surface area contributed by atoms with Crippen LogP contribution in [0, 0.1) is 12.8 Å². The SMILES string of the molecule is CCNC(CO)(CSc1cc(C)nn1C)C1CC1. The molecule has 1 saturated carbocycles. The van der Waals surface area contributed by atoms with Crippen LogP contribution in [0.1, 0.15) is 25.5 Å². The van der Waals surface area contributed by atoms with Gasteiger partial charge in [0.1, 0.15) is 0 Å². The molecule has 4 nitrogen and oxygen atoms in total. The molecule has 0 spiro atoms. The average Bonchev–Trinajstić information content (AvgIpc) is 3.12. The Morgan fingerprint density at radius 3 is 2.78 bits per heavy atom. The van der Waals surface area contributed by atoms with Gasteiger partial charge in [0.2, 0.25) is 0 Å². The molecule has 0 saturated heterocycles. The van der Waals surface area contributed by atoms with Crippen molar-refractivity contribution in [3.05, 3.63) is 11.8 Å². The number of aryl methyl sites for hydroxylation is 2. The second kappa shape index (κ2) is 5.63. The van der Waals surface area contributed by atoms with Crippen molar-refractivity contribution in [2.45, 2.75) is 37.3 Å². The Hall–Kier alpha value is -0.520. The Balaban J connectivity index is 2.03. The van der Waals surface area contributed by atoms with Crippen molar-refractivity contribution < 1.29 is 5.11 Å². The highest BCUT2D eigenvalue weighted by Gasteiger charge is 2.44. The Morgan fingerprint density at radius 1 is 1.61 bits per heavy atom. The standard InChI is InChI=1S/C13H23N3OS/c1-4-14-13(8-17,11-5-6-11)9-18-12-7-10(2)15-16(12)3/h7,11,14,17H,4-6,8-9H2,1-3H3. The molecule has 18 heavy (non-hydrogen) atoms. The molecule has 2 N–H and O–H groups in total. The molecule has 0 aromatic carbocycles. The van der Waals surface area contributed by atoms with Gasteiger partial charge in [-0.2, -0.15) is 5.10 Å². The smallest absolute Gasteiger partial charge is 0.0939 e. The predicted molar refractivity (Wildman–Crippen MR) is 74.9 cm³/mol. The van der Waals surface area contributed by atoms with E-state index in [1.165, 1.54) is 17.9 Å². The Labute approximate surface area is 113 Å². The molecule has 1 aliphatic rings. The molecule has 2 rings (SSSR count). The average molecular weight is 269 g/mol. The van der Waals surface area contributed by atoms with Crippen LogP contribution in [0.15, 0.2) is 11.1 Å². The molecule has 0 amide bonds. The lowest BCUT2D eigenvalue weighted by molar-refractivity contribution is 0.161. The summed E-state index contributed by atoms with van der Waals surface area (Å²) >= 11 is 1.79. The maximum atomic E-state index is 9.77. The van der Waals surface area contributed by atoms with Crippen LogP contribution in [0.25, 0.3) is 0 Å². The lowest BCUT2D eigenvalue weighted by Gasteiger charge is -2.32. The molecule has 102 valence electrons. The third kappa shape index (κ3) is 2.90. The minimum atomic E-state index is -0.114. The van der Waals surface area contributed by atoms with E-state index >= 15 is 0 Å².